The number of nitrogens with one attached hydrogen (secondary N) is 1. The lowest BCUT2D eigenvalue weighted by Gasteiger charge is -2.09. The molecule has 19 heavy (non-hydrogen) atoms. The number of benzene rings is 1. The normalized spacial score (nSPS) is 10.2. The SMILES string of the molecule is Cc1cncc(NC(=O)c2ccccc2CCN)c1. The third-order valence-corrected chi connectivity index (χ3v) is 2.81. The van der Waals surface area contributed by atoms with Crippen molar-refractivity contribution >= 4 is 11.6 Å². The van der Waals surface area contributed by atoms with Gasteiger partial charge in [-0.2, -0.15) is 0 Å². The molecule has 0 spiro atoms. The Bertz CT molecular complexity index is 581. The van der Waals surface area contributed by atoms with Gasteiger partial charge in [0.05, 0.1) is 11.9 Å². The zero-order valence-corrected chi connectivity index (χ0v) is 10.9. The van der Waals surface area contributed by atoms with Gasteiger partial charge in [0.1, 0.15) is 0 Å². The molecule has 0 unspecified atom stereocenters. The minimum absolute atomic E-state index is 0.128. The van der Waals surface area contributed by atoms with Crippen LogP contribution >= 0.6 is 0 Å². The summed E-state index contributed by atoms with van der Waals surface area (Å²) in [6, 6.07) is 9.38. The first-order valence-corrected chi connectivity index (χ1v) is 6.21. The average molecular weight is 255 g/mol. The van der Waals surface area contributed by atoms with Gasteiger partial charge in [0, 0.05) is 11.8 Å². The van der Waals surface area contributed by atoms with Crippen molar-refractivity contribution in [1.82, 2.24) is 4.98 Å². The highest BCUT2D eigenvalue weighted by atomic mass is 16.1. The summed E-state index contributed by atoms with van der Waals surface area (Å²) in [7, 11) is 0. The third kappa shape index (κ3) is 3.39. The third-order valence-electron chi connectivity index (χ3n) is 2.81. The van der Waals surface area contributed by atoms with Crippen LogP contribution in [0.15, 0.2) is 42.7 Å². The van der Waals surface area contributed by atoms with Crippen LogP contribution in [0.1, 0.15) is 21.5 Å². The maximum atomic E-state index is 12.2. The smallest absolute Gasteiger partial charge is 0.255 e. The molecule has 1 aromatic heterocycles. The molecule has 1 aromatic carbocycles. The van der Waals surface area contributed by atoms with Crippen molar-refractivity contribution in [3.05, 3.63) is 59.4 Å². The number of nitrogens with zero attached hydrogens (tertiary/aromatic N) is 1. The van der Waals surface area contributed by atoms with Crippen LogP contribution in [0, 0.1) is 6.92 Å². The molecule has 0 aliphatic carbocycles. The highest BCUT2D eigenvalue weighted by molar-refractivity contribution is 6.05. The topological polar surface area (TPSA) is 68.0 Å². The molecule has 0 saturated heterocycles. The number of aromatic nitrogens is 1. The number of rotatable bonds is 4. The van der Waals surface area contributed by atoms with Crippen LogP contribution in [0.3, 0.4) is 0 Å². The van der Waals surface area contributed by atoms with Crippen LogP contribution in [-0.4, -0.2) is 17.4 Å². The molecule has 3 N–H and O–H groups in total. The molecular formula is C15H17N3O. The second-order valence-electron chi connectivity index (χ2n) is 4.40. The van der Waals surface area contributed by atoms with Gasteiger partial charge in [-0.1, -0.05) is 18.2 Å². The van der Waals surface area contributed by atoms with Crippen LogP contribution < -0.4 is 11.1 Å². The summed E-state index contributed by atoms with van der Waals surface area (Å²) < 4.78 is 0. The number of carbonyl (C=O) groups excluding carboxylic acids is 1. The van der Waals surface area contributed by atoms with Crippen molar-refractivity contribution in [2.45, 2.75) is 13.3 Å². The number of amides is 1. The molecule has 2 rings (SSSR count). The lowest BCUT2D eigenvalue weighted by molar-refractivity contribution is 0.102. The molecule has 1 amide bonds. The van der Waals surface area contributed by atoms with E-state index in [0.717, 1.165) is 11.1 Å². The molecule has 1 heterocycles. The zero-order chi connectivity index (χ0) is 13.7. The van der Waals surface area contributed by atoms with Crippen LogP contribution in [0.5, 0.6) is 0 Å². The number of aryl methyl sites for hydroxylation is 1. The van der Waals surface area contributed by atoms with Gasteiger partial charge in [-0.3, -0.25) is 9.78 Å². The first kappa shape index (κ1) is 13.2. The van der Waals surface area contributed by atoms with Crippen molar-refractivity contribution in [1.29, 1.82) is 0 Å². The van der Waals surface area contributed by atoms with Crippen LogP contribution in [0.4, 0.5) is 5.69 Å². The summed E-state index contributed by atoms with van der Waals surface area (Å²) in [5.41, 5.74) is 8.89. The van der Waals surface area contributed by atoms with Crippen molar-refractivity contribution in [3.63, 3.8) is 0 Å². The maximum Gasteiger partial charge on any atom is 0.255 e. The lowest BCUT2D eigenvalue weighted by Crippen LogP contribution is -2.16. The fraction of sp³-hybridized carbons (Fsp3) is 0.200. The van der Waals surface area contributed by atoms with Gasteiger partial charge in [0.25, 0.3) is 5.91 Å². The van der Waals surface area contributed by atoms with Crippen LogP contribution in [-0.2, 0) is 6.42 Å². The Balaban J connectivity index is 2.20. The van der Waals surface area contributed by atoms with E-state index in [-0.39, 0.29) is 5.91 Å². The van der Waals surface area contributed by atoms with Gasteiger partial charge in [-0.15, -0.1) is 0 Å². The van der Waals surface area contributed by atoms with Gasteiger partial charge in [-0.25, -0.2) is 0 Å². The average Bonchev–Trinajstić information content (AvgIpc) is 2.39. The Hall–Kier alpha value is -2.20. The fourth-order valence-electron chi connectivity index (χ4n) is 1.94. The summed E-state index contributed by atoms with van der Waals surface area (Å²) >= 11 is 0. The molecule has 0 radical (unpaired) electrons. The molecule has 0 bridgehead atoms. The van der Waals surface area contributed by atoms with E-state index in [9.17, 15) is 4.79 Å². The summed E-state index contributed by atoms with van der Waals surface area (Å²) in [5.74, 6) is -0.128. The molecule has 4 nitrogen and oxygen atoms in total. The molecular weight excluding hydrogens is 238 g/mol. The Kier molecular flexibility index (Phi) is 4.26. The molecule has 98 valence electrons. The fourth-order valence-corrected chi connectivity index (χ4v) is 1.94. The number of carbonyl (C=O) groups is 1. The van der Waals surface area contributed by atoms with Gasteiger partial charge < -0.3 is 11.1 Å². The highest BCUT2D eigenvalue weighted by Gasteiger charge is 2.10. The highest BCUT2D eigenvalue weighted by Crippen LogP contribution is 2.13. The quantitative estimate of drug-likeness (QED) is 0.879. The van der Waals surface area contributed by atoms with Crippen molar-refractivity contribution in [2.24, 2.45) is 5.73 Å². The van der Waals surface area contributed by atoms with Crippen molar-refractivity contribution < 1.29 is 4.79 Å². The molecule has 2 aromatic rings. The molecule has 0 saturated carbocycles. The monoisotopic (exact) mass is 255 g/mol. The summed E-state index contributed by atoms with van der Waals surface area (Å²) in [6.45, 7) is 2.46. The van der Waals surface area contributed by atoms with Gasteiger partial charge in [0.15, 0.2) is 0 Å². The Morgan fingerprint density at radius 1 is 1.32 bits per heavy atom. The van der Waals surface area contributed by atoms with E-state index in [1.807, 2.05) is 37.3 Å². The van der Waals surface area contributed by atoms with Crippen LogP contribution in [0.2, 0.25) is 0 Å². The van der Waals surface area contributed by atoms with Crippen LogP contribution in [0.25, 0.3) is 0 Å². The zero-order valence-electron chi connectivity index (χ0n) is 10.9. The Morgan fingerprint density at radius 2 is 2.11 bits per heavy atom. The first-order valence-electron chi connectivity index (χ1n) is 6.21. The van der Waals surface area contributed by atoms with E-state index in [1.54, 1.807) is 12.4 Å². The van der Waals surface area contributed by atoms with E-state index >= 15 is 0 Å². The van der Waals surface area contributed by atoms with E-state index in [4.69, 9.17) is 5.73 Å². The van der Waals surface area contributed by atoms with E-state index in [0.29, 0.717) is 24.2 Å². The number of hydrogen-bond acceptors (Lipinski definition) is 3. The van der Waals surface area contributed by atoms with Crippen molar-refractivity contribution in [3.8, 4) is 0 Å². The second-order valence-corrected chi connectivity index (χ2v) is 4.40. The lowest BCUT2D eigenvalue weighted by atomic mass is 10.0. The van der Waals surface area contributed by atoms with Gasteiger partial charge in [0.2, 0.25) is 0 Å². The van der Waals surface area contributed by atoms with Crippen molar-refractivity contribution in [2.75, 3.05) is 11.9 Å². The van der Waals surface area contributed by atoms with E-state index < -0.39 is 0 Å². The predicted octanol–water partition coefficient (Wildman–Crippen LogP) is 2.14. The van der Waals surface area contributed by atoms with E-state index in [1.165, 1.54) is 0 Å². The molecule has 0 fully saturated rings. The minimum Gasteiger partial charge on any atom is -0.330 e. The molecule has 4 heteroatoms. The second kappa shape index (κ2) is 6.11. The Labute approximate surface area is 112 Å². The number of pyridine rings is 1. The number of anilines is 1. The summed E-state index contributed by atoms with van der Waals surface area (Å²) in [5, 5.41) is 2.86. The number of nitrogens with two attached hydrogens (primary N) is 1. The molecule has 0 aliphatic rings. The predicted molar refractivity (Wildman–Crippen MR) is 76.1 cm³/mol. The largest absolute Gasteiger partial charge is 0.330 e. The van der Waals surface area contributed by atoms with Gasteiger partial charge >= 0.3 is 0 Å². The van der Waals surface area contributed by atoms with Gasteiger partial charge in [-0.05, 0) is 43.1 Å². The molecule has 0 atom stereocenters. The minimum atomic E-state index is -0.128. The number of hydrogen-bond donors (Lipinski definition) is 2. The molecule has 0 aliphatic heterocycles. The standard InChI is InChI=1S/C15H17N3O/c1-11-8-13(10-17-9-11)18-15(19)14-5-3-2-4-12(14)6-7-16/h2-5,8-10H,6-7,16H2,1H3,(H,18,19). The summed E-state index contributed by atoms with van der Waals surface area (Å²) in [6.07, 6.45) is 4.07. The summed E-state index contributed by atoms with van der Waals surface area (Å²) in [4.78, 5) is 16.3. The Morgan fingerprint density at radius 3 is 2.84 bits per heavy atom. The maximum absolute atomic E-state index is 12.2. The first-order chi connectivity index (χ1) is 9.20. The van der Waals surface area contributed by atoms with E-state index in [2.05, 4.69) is 10.3 Å².